The predicted molar refractivity (Wildman–Crippen MR) is 128 cm³/mol. The lowest BCUT2D eigenvalue weighted by molar-refractivity contribution is -0.121. The Morgan fingerprint density at radius 3 is 2.61 bits per heavy atom. The summed E-state index contributed by atoms with van der Waals surface area (Å²) in [4.78, 5) is 35.9. The Morgan fingerprint density at radius 2 is 1.97 bits per heavy atom. The van der Waals surface area contributed by atoms with Crippen LogP contribution < -0.4 is 10.6 Å². The molecule has 0 bridgehead atoms. The van der Waals surface area contributed by atoms with Crippen LogP contribution in [0.5, 0.6) is 0 Å². The molecular formula is C24H35N5O4. The van der Waals surface area contributed by atoms with Gasteiger partial charge in [-0.2, -0.15) is 0 Å². The second-order valence-corrected chi connectivity index (χ2v) is 9.92. The van der Waals surface area contributed by atoms with E-state index >= 15 is 0 Å². The second kappa shape index (κ2) is 9.91. The minimum Gasteiger partial charge on any atom is -0.444 e. The van der Waals surface area contributed by atoms with Crippen molar-refractivity contribution in [1.29, 1.82) is 0 Å². The summed E-state index contributed by atoms with van der Waals surface area (Å²) in [5, 5.41) is 17.8. The number of pyridine rings is 2. The number of anilines is 2. The van der Waals surface area contributed by atoms with Crippen molar-refractivity contribution >= 4 is 34.4 Å². The third-order valence-electron chi connectivity index (χ3n) is 5.28. The zero-order valence-corrected chi connectivity index (χ0v) is 20.3. The second-order valence-electron chi connectivity index (χ2n) is 9.92. The molecule has 0 saturated carbocycles. The molecule has 2 atom stereocenters. The van der Waals surface area contributed by atoms with Crippen molar-refractivity contribution in [3.05, 3.63) is 24.0 Å². The first-order chi connectivity index (χ1) is 15.4. The first-order valence-corrected chi connectivity index (χ1v) is 11.5. The summed E-state index contributed by atoms with van der Waals surface area (Å²) in [5.74, 6) is 0.528. The number of hydrogen-bond acceptors (Lipinski definition) is 7. The van der Waals surface area contributed by atoms with Gasteiger partial charge < -0.3 is 25.4 Å². The highest BCUT2D eigenvalue weighted by Gasteiger charge is 2.31. The molecule has 1 saturated heterocycles. The van der Waals surface area contributed by atoms with Crippen LogP contribution in [0.3, 0.4) is 0 Å². The number of rotatable bonds is 5. The number of aliphatic hydroxyl groups excluding tert-OH is 1. The monoisotopic (exact) mass is 457 g/mol. The number of nitrogens with one attached hydrogen (secondary N) is 2. The standard InChI is InChI=1S/C24H35N5O4/c1-14(2)26-21-18-11-20(25-12-17(18)10-19(27-21)15(3)30)28-22(31)16-8-7-9-29(13-16)23(32)33-24(4,5)6/h10-12,14-16,30H,7-9,13H2,1-6H3,(H,26,27)(H,25,28,31)/t15?,16-/m1/s1. The van der Waals surface area contributed by atoms with Crippen molar-refractivity contribution in [2.45, 2.75) is 72.1 Å². The lowest BCUT2D eigenvalue weighted by Crippen LogP contribution is -2.45. The van der Waals surface area contributed by atoms with E-state index in [0.717, 1.165) is 17.2 Å². The molecule has 3 N–H and O–H groups in total. The molecule has 1 unspecified atom stereocenters. The molecule has 180 valence electrons. The molecular weight excluding hydrogens is 422 g/mol. The quantitative estimate of drug-likeness (QED) is 0.619. The van der Waals surface area contributed by atoms with E-state index in [9.17, 15) is 14.7 Å². The summed E-state index contributed by atoms with van der Waals surface area (Å²) in [6, 6.07) is 3.71. The van der Waals surface area contributed by atoms with Crippen molar-refractivity contribution in [3.63, 3.8) is 0 Å². The van der Waals surface area contributed by atoms with E-state index in [4.69, 9.17) is 4.74 Å². The highest BCUT2D eigenvalue weighted by Crippen LogP contribution is 2.28. The van der Waals surface area contributed by atoms with Crippen LogP contribution in [0.25, 0.3) is 10.8 Å². The fourth-order valence-corrected chi connectivity index (χ4v) is 3.74. The molecule has 2 aromatic heterocycles. The summed E-state index contributed by atoms with van der Waals surface area (Å²) >= 11 is 0. The van der Waals surface area contributed by atoms with Gasteiger partial charge in [0.1, 0.15) is 17.2 Å². The molecule has 3 heterocycles. The summed E-state index contributed by atoms with van der Waals surface area (Å²) in [6.45, 7) is 12.0. The Hall–Kier alpha value is -2.94. The Bertz CT molecular complexity index is 1020. The van der Waals surface area contributed by atoms with E-state index < -0.39 is 17.8 Å². The number of amides is 2. The van der Waals surface area contributed by atoms with Gasteiger partial charge in [-0.15, -0.1) is 0 Å². The Kier molecular flexibility index (Phi) is 7.41. The van der Waals surface area contributed by atoms with E-state index in [1.54, 1.807) is 30.2 Å². The number of fused-ring (bicyclic) bond motifs is 1. The van der Waals surface area contributed by atoms with E-state index in [1.807, 2.05) is 34.6 Å². The zero-order valence-electron chi connectivity index (χ0n) is 20.3. The summed E-state index contributed by atoms with van der Waals surface area (Å²) in [7, 11) is 0. The molecule has 2 amide bonds. The molecule has 2 aromatic rings. The van der Waals surface area contributed by atoms with Crippen molar-refractivity contribution in [3.8, 4) is 0 Å². The molecule has 1 aliphatic rings. The molecule has 0 radical (unpaired) electrons. The summed E-state index contributed by atoms with van der Waals surface area (Å²) in [6.07, 6.45) is 1.99. The summed E-state index contributed by atoms with van der Waals surface area (Å²) in [5.41, 5.74) is -0.0289. The SMILES string of the molecule is CC(C)Nc1nc(C(C)O)cc2cnc(NC(=O)[C@@H]3CCCN(C(=O)OC(C)(C)C)C3)cc12. The average Bonchev–Trinajstić information content (AvgIpc) is 2.72. The van der Waals surface area contributed by atoms with Crippen LogP contribution in [0.1, 0.15) is 66.2 Å². The zero-order chi connectivity index (χ0) is 24.3. The van der Waals surface area contributed by atoms with Crippen LogP contribution in [0, 0.1) is 5.92 Å². The topological polar surface area (TPSA) is 117 Å². The summed E-state index contributed by atoms with van der Waals surface area (Å²) < 4.78 is 5.45. The average molecular weight is 458 g/mol. The Labute approximate surface area is 194 Å². The van der Waals surface area contributed by atoms with Crippen molar-refractivity contribution < 1.29 is 19.4 Å². The lowest BCUT2D eigenvalue weighted by atomic mass is 9.97. The molecule has 0 aliphatic carbocycles. The molecule has 9 heteroatoms. The van der Waals surface area contributed by atoms with Gasteiger partial charge in [-0.05, 0) is 66.5 Å². The van der Waals surface area contributed by atoms with Crippen LogP contribution >= 0.6 is 0 Å². The maximum Gasteiger partial charge on any atom is 0.410 e. The third kappa shape index (κ3) is 6.54. The number of carbonyl (C=O) groups is 2. The van der Waals surface area contributed by atoms with Crippen LogP contribution in [-0.4, -0.2) is 56.7 Å². The van der Waals surface area contributed by atoms with Crippen molar-refractivity contribution in [1.82, 2.24) is 14.9 Å². The Balaban J connectivity index is 1.77. The van der Waals surface area contributed by atoms with E-state index in [-0.39, 0.29) is 17.9 Å². The molecule has 9 nitrogen and oxygen atoms in total. The van der Waals surface area contributed by atoms with E-state index in [2.05, 4.69) is 20.6 Å². The number of nitrogens with zero attached hydrogens (tertiary/aromatic N) is 3. The van der Waals surface area contributed by atoms with Gasteiger partial charge in [-0.3, -0.25) is 4.79 Å². The van der Waals surface area contributed by atoms with Crippen LogP contribution in [0.15, 0.2) is 18.3 Å². The minimum atomic E-state index is -0.708. The van der Waals surface area contributed by atoms with Crippen LogP contribution in [-0.2, 0) is 9.53 Å². The van der Waals surface area contributed by atoms with Gasteiger partial charge in [-0.25, -0.2) is 14.8 Å². The Morgan fingerprint density at radius 1 is 1.24 bits per heavy atom. The maximum absolute atomic E-state index is 13.0. The van der Waals surface area contributed by atoms with Gasteiger partial charge >= 0.3 is 6.09 Å². The minimum absolute atomic E-state index is 0.136. The third-order valence-corrected chi connectivity index (χ3v) is 5.28. The number of aliphatic hydroxyl groups is 1. The highest BCUT2D eigenvalue weighted by molar-refractivity contribution is 5.97. The lowest BCUT2D eigenvalue weighted by Gasteiger charge is -2.33. The van der Waals surface area contributed by atoms with E-state index in [1.165, 1.54) is 0 Å². The number of hydrogen-bond donors (Lipinski definition) is 3. The highest BCUT2D eigenvalue weighted by atomic mass is 16.6. The van der Waals surface area contributed by atoms with Crippen molar-refractivity contribution in [2.75, 3.05) is 23.7 Å². The first-order valence-electron chi connectivity index (χ1n) is 11.5. The fourth-order valence-electron chi connectivity index (χ4n) is 3.74. The number of ether oxygens (including phenoxy) is 1. The van der Waals surface area contributed by atoms with Gasteiger partial charge in [-0.1, -0.05) is 0 Å². The van der Waals surface area contributed by atoms with Crippen LogP contribution in [0.2, 0.25) is 0 Å². The number of aromatic nitrogens is 2. The van der Waals surface area contributed by atoms with E-state index in [0.29, 0.717) is 36.8 Å². The number of piperidine rings is 1. The molecule has 1 fully saturated rings. The van der Waals surface area contributed by atoms with Gasteiger partial charge in [0, 0.05) is 36.1 Å². The maximum atomic E-state index is 13.0. The largest absolute Gasteiger partial charge is 0.444 e. The number of carbonyl (C=O) groups excluding carboxylic acids is 2. The molecule has 0 spiro atoms. The smallest absolute Gasteiger partial charge is 0.410 e. The molecule has 1 aliphatic heterocycles. The van der Waals surface area contributed by atoms with Crippen LogP contribution in [0.4, 0.5) is 16.4 Å². The van der Waals surface area contributed by atoms with Gasteiger partial charge in [0.25, 0.3) is 0 Å². The molecule has 3 rings (SSSR count). The van der Waals surface area contributed by atoms with Crippen molar-refractivity contribution in [2.24, 2.45) is 5.92 Å². The molecule has 0 aromatic carbocycles. The van der Waals surface area contributed by atoms with Gasteiger partial charge in [0.15, 0.2) is 0 Å². The van der Waals surface area contributed by atoms with Gasteiger partial charge in [0.05, 0.1) is 17.7 Å². The fraction of sp³-hybridized carbons (Fsp3) is 0.583. The van der Waals surface area contributed by atoms with Gasteiger partial charge in [0.2, 0.25) is 5.91 Å². The first kappa shape index (κ1) is 24.7. The normalized spacial score (nSPS) is 17.7. The number of likely N-dealkylation sites (tertiary alicyclic amines) is 1. The predicted octanol–water partition coefficient (Wildman–Crippen LogP) is 4.09. The molecule has 33 heavy (non-hydrogen) atoms.